The molecule has 0 aliphatic carbocycles. The molecular formula is C10H23N3O3S. The summed E-state index contributed by atoms with van der Waals surface area (Å²) >= 11 is 0. The highest BCUT2D eigenvalue weighted by atomic mass is 32.2. The van der Waals surface area contributed by atoms with Crippen molar-refractivity contribution < 1.29 is 13.6 Å². The Morgan fingerprint density at radius 2 is 2.00 bits per heavy atom. The SMILES string of the molecule is CCCN(CCS(=O)(=O)C(C)C)CC(N)=NO. The highest BCUT2D eigenvalue weighted by molar-refractivity contribution is 7.92. The maximum Gasteiger partial charge on any atom is 0.153 e. The van der Waals surface area contributed by atoms with Crippen LogP contribution in [0.5, 0.6) is 0 Å². The molecule has 0 aliphatic heterocycles. The molecule has 0 amide bonds. The Bertz CT molecular complexity index is 339. The Balaban J connectivity index is 4.37. The van der Waals surface area contributed by atoms with Gasteiger partial charge in [-0.05, 0) is 26.8 Å². The second-order valence-electron chi connectivity index (χ2n) is 4.28. The van der Waals surface area contributed by atoms with Crippen LogP contribution in [-0.2, 0) is 9.84 Å². The molecule has 0 atom stereocenters. The lowest BCUT2D eigenvalue weighted by Crippen LogP contribution is -2.38. The van der Waals surface area contributed by atoms with Crippen molar-refractivity contribution in [3.8, 4) is 0 Å². The zero-order chi connectivity index (χ0) is 13.5. The van der Waals surface area contributed by atoms with Gasteiger partial charge in [0.2, 0.25) is 0 Å². The molecule has 3 N–H and O–H groups in total. The molecule has 0 aliphatic rings. The van der Waals surface area contributed by atoms with E-state index in [1.54, 1.807) is 13.8 Å². The molecule has 0 saturated heterocycles. The van der Waals surface area contributed by atoms with Crippen molar-refractivity contribution in [1.29, 1.82) is 0 Å². The van der Waals surface area contributed by atoms with Gasteiger partial charge in [0.25, 0.3) is 0 Å². The van der Waals surface area contributed by atoms with E-state index >= 15 is 0 Å². The van der Waals surface area contributed by atoms with Crippen LogP contribution in [0.15, 0.2) is 5.16 Å². The predicted molar refractivity (Wildman–Crippen MR) is 69.1 cm³/mol. The molecule has 0 bridgehead atoms. The summed E-state index contributed by atoms with van der Waals surface area (Å²) in [6.45, 7) is 6.76. The van der Waals surface area contributed by atoms with Gasteiger partial charge in [-0.25, -0.2) is 8.42 Å². The second kappa shape index (κ2) is 7.50. The van der Waals surface area contributed by atoms with Gasteiger partial charge in [0.1, 0.15) is 0 Å². The fraction of sp³-hybridized carbons (Fsp3) is 0.900. The standard InChI is InChI=1S/C10H23N3O3S/c1-4-5-13(8-10(11)12-14)6-7-17(15,16)9(2)3/h9,14H,4-8H2,1-3H3,(H2,11,12). The zero-order valence-electron chi connectivity index (χ0n) is 10.8. The van der Waals surface area contributed by atoms with E-state index in [2.05, 4.69) is 5.16 Å². The molecule has 0 aromatic carbocycles. The molecule has 17 heavy (non-hydrogen) atoms. The fourth-order valence-corrected chi connectivity index (χ4v) is 2.32. The van der Waals surface area contributed by atoms with Crippen LogP contribution in [0.4, 0.5) is 0 Å². The molecule has 0 unspecified atom stereocenters. The third kappa shape index (κ3) is 6.48. The maximum atomic E-state index is 11.7. The fourth-order valence-electron chi connectivity index (χ4n) is 1.34. The van der Waals surface area contributed by atoms with E-state index in [0.29, 0.717) is 6.54 Å². The molecule has 102 valence electrons. The van der Waals surface area contributed by atoms with Crippen molar-refractivity contribution in [1.82, 2.24) is 4.90 Å². The van der Waals surface area contributed by atoms with Crippen molar-refractivity contribution in [3.63, 3.8) is 0 Å². The van der Waals surface area contributed by atoms with E-state index in [0.717, 1.165) is 13.0 Å². The van der Waals surface area contributed by atoms with E-state index < -0.39 is 9.84 Å². The lowest BCUT2D eigenvalue weighted by atomic mass is 10.4. The molecule has 6 nitrogen and oxygen atoms in total. The van der Waals surface area contributed by atoms with Gasteiger partial charge in [-0.15, -0.1) is 0 Å². The Kier molecular flexibility index (Phi) is 7.13. The van der Waals surface area contributed by atoms with Gasteiger partial charge in [-0.2, -0.15) is 0 Å². The Hall–Kier alpha value is -0.820. The summed E-state index contributed by atoms with van der Waals surface area (Å²) in [5.41, 5.74) is 5.41. The summed E-state index contributed by atoms with van der Waals surface area (Å²) < 4.78 is 23.3. The molecule has 0 rings (SSSR count). The summed E-state index contributed by atoms with van der Waals surface area (Å²) in [7, 11) is -3.04. The Morgan fingerprint density at radius 3 is 2.41 bits per heavy atom. The normalized spacial score (nSPS) is 13.6. The summed E-state index contributed by atoms with van der Waals surface area (Å²) in [4.78, 5) is 1.87. The summed E-state index contributed by atoms with van der Waals surface area (Å²) in [5.74, 6) is 0.198. The highest BCUT2D eigenvalue weighted by Crippen LogP contribution is 2.02. The highest BCUT2D eigenvalue weighted by Gasteiger charge is 2.18. The predicted octanol–water partition coefficient (Wildman–Crippen LogP) is 0.268. The van der Waals surface area contributed by atoms with E-state index in [4.69, 9.17) is 10.9 Å². The van der Waals surface area contributed by atoms with Gasteiger partial charge in [-0.1, -0.05) is 12.1 Å². The zero-order valence-corrected chi connectivity index (χ0v) is 11.6. The average molecular weight is 265 g/mol. The summed E-state index contributed by atoms with van der Waals surface area (Å²) in [6, 6.07) is 0. The number of hydrogen-bond acceptors (Lipinski definition) is 5. The first kappa shape index (κ1) is 16.2. The number of rotatable bonds is 8. The molecule has 0 saturated carbocycles. The number of sulfone groups is 1. The van der Waals surface area contributed by atoms with Crippen molar-refractivity contribution >= 4 is 15.7 Å². The van der Waals surface area contributed by atoms with Gasteiger partial charge in [0.05, 0.1) is 17.5 Å². The number of nitrogens with two attached hydrogens (primary N) is 1. The smallest absolute Gasteiger partial charge is 0.153 e. The largest absolute Gasteiger partial charge is 0.409 e. The first-order valence-corrected chi connectivity index (χ1v) is 7.45. The van der Waals surface area contributed by atoms with Crippen molar-refractivity contribution in [2.45, 2.75) is 32.4 Å². The van der Waals surface area contributed by atoms with Crippen LogP contribution in [0.1, 0.15) is 27.2 Å². The molecule has 0 heterocycles. The molecular weight excluding hydrogens is 242 g/mol. The molecule has 0 radical (unpaired) electrons. The maximum absolute atomic E-state index is 11.7. The lowest BCUT2D eigenvalue weighted by molar-refractivity contribution is 0.299. The lowest BCUT2D eigenvalue weighted by Gasteiger charge is -2.21. The van der Waals surface area contributed by atoms with Crippen molar-refractivity contribution in [3.05, 3.63) is 0 Å². The van der Waals surface area contributed by atoms with Crippen LogP contribution in [0.2, 0.25) is 0 Å². The van der Waals surface area contributed by atoms with E-state index in [1.807, 2.05) is 11.8 Å². The number of hydrogen-bond donors (Lipinski definition) is 2. The van der Waals surface area contributed by atoms with E-state index in [-0.39, 0.29) is 23.4 Å². The Morgan fingerprint density at radius 1 is 1.41 bits per heavy atom. The first-order chi connectivity index (χ1) is 7.83. The number of nitrogens with zero attached hydrogens (tertiary/aromatic N) is 2. The van der Waals surface area contributed by atoms with Crippen LogP contribution >= 0.6 is 0 Å². The van der Waals surface area contributed by atoms with Crippen LogP contribution < -0.4 is 5.73 Å². The second-order valence-corrected chi connectivity index (χ2v) is 6.96. The van der Waals surface area contributed by atoms with Crippen molar-refractivity contribution in [2.75, 3.05) is 25.4 Å². The molecule has 7 heteroatoms. The first-order valence-electron chi connectivity index (χ1n) is 5.73. The van der Waals surface area contributed by atoms with Gasteiger partial charge in [0.15, 0.2) is 15.7 Å². The van der Waals surface area contributed by atoms with E-state index in [9.17, 15) is 8.42 Å². The monoisotopic (exact) mass is 265 g/mol. The van der Waals surface area contributed by atoms with Gasteiger partial charge < -0.3 is 10.9 Å². The minimum Gasteiger partial charge on any atom is -0.409 e. The van der Waals surface area contributed by atoms with Gasteiger partial charge in [-0.3, -0.25) is 4.90 Å². The quantitative estimate of drug-likeness (QED) is 0.284. The molecule has 0 spiro atoms. The van der Waals surface area contributed by atoms with Crippen molar-refractivity contribution in [2.24, 2.45) is 10.9 Å². The average Bonchev–Trinajstić information content (AvgIpc) is 2.26. The third-order valence-corrected chi connectivity index (χ3v) is 4.65. The van der Waals surface area contributed by atoms with Gasteiger partial charge >= 0.3 is 0 Å². The molecule has 0 fully saturated rings. The number of amidine groups is 1. The minimum absolute atomic E-state index is 0.0976. The van der Waals surface area contributed by atoms with Crippen LogP contribution in [0.3, 0.4) is 0 Å². The molecule has 0 aromatic rings. The topological polar surface area (TPSA) is 96.0 Å². The van der Waals surface area contributed by atoms with Crippen LogP contribution in [0.25, 0.3) is 0 Å². The van der Waals surface area contributed by atoms with Gasteiger partial charge in [0, 0.05) is 6.54 Å². The number of oxime groups is 1. The summed E-state index contributed by atoms with van der Waals surface area (Å²) in [6.07, 6.45) is 0.889. The van der Waals surface area contributed by atoms with Crippen LogP contribution in [-0.4, -0.2) is 55.0 Å². The van der Waals surface area contributed by atoms with Crippen LogP contribution in [0, 0.1) is 0 Å². The third-order valence-electron chi connectivity index (χ3n) is 2.46. The minimum atomic E-state index is -3.04. The molecule has 0 aromatic heterocycles. The Labute approximate surface area is 103 Å². The summed E-state index contributed by atoms with van der Waals surface area (Å²) in [5, 5.41) is 11.0. The van der Waals surface area contributed by atoms with E-state index in [1.165, 1.54) is 0 Å².